The van der Waals surface area contributed by atoms with Gasteiger partial charge in [0.05, 0.1) is 6.20 Å². The number of piperazine rings is 1. The van der Waals surface area contributed by atoms with Crippen molar-refractivity contribution >= 4 is 23.4 Å². The molecule has 0 radical (unpaired) electrons. The zero-order valence-electron chi connectivity index (χ0n) is 13.2. The predicted molar refractivity (Wildman–Crippen MR) is 92.9 cm³/mol. The smallest absolute Gasteiger partial charge is 0.244 e. The molecule has 1 N–H and O–H groups in total. The number of rotatable bonds is 5. The van der Waals surface area contributed by atoms with E-state index in [1.54, 1.807) is 6.20 Å². The van der Waals surface area contributed by atoms with E-state index in [-0.39, 0.29) is 0 Å². The third-order valence-electron chi connectivity index (χ3n) is 4.05. The molecule has 0 saturated carbocycles. The second-order valence-electron chi connectivity index (χ2n) is 5.54. The molecule has 6 nitrogen and oxygen atoms in total. The van der Waals surface area contributed by atoms with Crippen molar-refractivity contribution in [3.63, 3.8) is 0 Å². The molecule has 0 atom stereocenters. The number of hydrogen-bond donors (Lipinski definition) is 1. The first-order chi connectivity index (χ1) is 11.2. The van der Waals surface area contributed by atoms with Gasteiger partial charge in [-0.1, -0.05) is 30.7 Å². The van der Waals surface area contributed by atoms with Crippen LogP contribution < -0.4 is 10.2 Å². The fourth-order valence-corrected chi connectivity index (χ4v) is 2.72. The van der Waals surface area contributed by atoms with Gasteiger partial charge in [-0.2, -0.15) is 10.1 Å². The molecule has 7 heteroatoms. The summed E-state index contributed by atoms with van der Waals surface area (Å²) in [6.07, 6.45) is 1.73. The van der Waals surface area contributed by atoms with Gasteiger partial charge in [0, 0.05) is 37.7 Å². The number of nitrogens with one attached hydrogen (secondary N) is 1. The molecule has 0 amide bonds. The first-order valence-electron chi connectivity index (χ1n) is 7.90. The normalized spacial score (nSPS) is 15.7. The molecule has 1 saturated heterocycles. The molecule has 1 aliphatic heterocycles. The minimum Gasteiger partial charge on any atom is -0.353 e. The number of halogens is 1. The summed E-state index contributed by atoms with van der Waals surface area (Å²) in [7, 11) is 0. The molecule has 122 valence electrons. The Kier molecular flexibility index (Phi) is 5.25. The van der Waals surface area contributed by atoms with Crippen molar-refractivity contribution in [1.82, 2.24) is 20.1 Å². The third-order valence-corrected chi connectivity index (χ3v) is 4.31. The second-order valence-corrected chi connectivity index (χ2v) is 5.98. The van der Waals surface area contributed by atoms with Crippen molar-refractivity contribution in [1.29, 1.82) is 0 Å². The lowest BCUT2D eigenvalue weighted by Crippen LogP contribution is -2.46. The summed E-state index contributed by atoms with van der Waals surface area (Å²) >= 11 is 5.89. The Bertz CT molecular complexity index is 625. The molecular weight excluding hydrogens is 312 g/mol. The Morgan fingerprint density at radius 2 is 1.87 bits per heavy atom. The molecule has 2 aromatic rings. The highest BCUT2D eigenvalue weighted by Gasteiger charge is 2.17. The minimum absolute atomic E-state index is 0.551. The number of hydrogen-bond acceptors (Lipinski definition) is 6. The molecule has 1 aliphatic rings. The third kappa shape index (κ3) is 4.30. The molecule has 0 bridgehead atoms. The average molecular weight is 333 g/mol. The van der Waals surface area contributed by atoms with Crippen molar-refractivity contribution in [2.75, 3.05) is 42.9 Å². The van der Waals surface area contributed by atoms with Crippen LogP contribution >= 0.6 is 11.6 Å². The molecule has 23 heavy (non-hydrogen) atoms. The van der Waals surface area contributed by atoms with Gasteiger partial charge in [-0.15, -0.1) is 5.10 Å². The van der Waals surface area contributed by atoms with Crippen LogP contribution in [0.25, 0.3) is 0 Å². The molecule has 0 aliphatic carbocycles. The zero-order chi connectivity index (χ0) is 16.1. The number of benzene rings is 1. The Labute approximate surface area is 141 Å². The van der Waals surface area contributed by atoms with Crippen LogP contribution in [0, 0.1) is 0 Å². The van der Waals surface area contributed by atoms with Crippen LogP contribution in [0.3, 0.4) is 0 Å². The van der Waals surface area contributed by atoms with Crippen LogP contribution in [0.1, 0.15) is 12.5 Å². The van der Waals surface area contributed by atoms with E-state index < -0.39 is 0 Å². The Morgan fingerprint density at radius 1 is 1.13 bits per heavy atom. The highest BCUT2D eigenvalue weighted by molar-refractivity contribution is 6.30. The lowest BCUT2D eigenvalue weighted by Gasteiger charge is -2.34. The van der Waals surface area contributed by atoms with Crippen molar-refractivity contribution in [2.24, 2.45) is 0 Å². The summed E-state index contributed by atoms with van der Waals surface area (Å²) in [4.78, 5) is 9.27. The number of likely N-dealkylation sites (N-methyl/N-ethyl adjacent to an activating group) is 1. The van der Waals surface area contributed by atoms with Crippen LogP contribution in [0.15, 0.2) is 30.5 Å². The van der Waals surface area contributed by atoms with Gasteiger partial charge >= 0.3 is 0 Å². The van der Waals surface area contributed by atoms with E-state index in [2.05, 4.69) is 37.2 Å². The highest BCUT2D eigenvalue weighted by Crippen LogP contribution is 2.14. The molecule has 1 aromatic heterocycles. The molecular formula is C16H21ClN6. The van der Waals surface area contributed by atoms with Crippen molar-refractivity contribution in [3.05, 3.63) is 41.0 Å². The Morgan fingerprint density at radius 3 is 2.57 bits per heavy atom. The average Bonchev–Trinajstić information content (AvgIpc) is 2.61. The van der Waals surface area contributed by atoms with Gasteiger partial charge in [0.1, 0.15) is 0 Å². The maximum atomic E-state index is 5.89. The minimum atomic E-state index is 0.551. The van der Waals surface area contributed by atoms with Crippen molar-refractivity contribution < 1.29 is 0 Å². The number of nitrogens with zero attached hydrogens (tertiary/aromatic N) is 5. The fraction of sp³-hybridized carbons (Fsp3) is 0.438. The largest absolute Gasteiger partial charge is 0.353 e. The van der Waals surface area contributed by atoms with Crippen molar-refractivity contribution in [3.8, 4) is 0 Å². The number of aromatic nitrogens is 3. The molecule has 0 spiro atoms. The summed E-state index contributed by atoms with van der Waals surface area (Å²) in [6.45, 7) is 8.02. The maximum absolute atomic E-state index is 5.89. The summed E-state index contributed by atoms with van der Waals surface area (Å²) in [5, 5.41) is 12.1. The van der Waals surface area contributed by atoms with Crippen molar-refractivity contribution in [2.45, 2.75) is 13.5 Å². The van der Waals surface area contributed by atoms with Gasteiger partial charge in [0.15, 0.2) is 5.82 Å². The standard InChI is InChI=1S/C16H21ClN6/c1-2-22-7-9-23(10-8-22)15-12-19-21-16(20-15)18-11-13-3-5-14(17)6-4-13/h3-6,12H,2,7-11H2,1H3,(H,18,20,21). The van der Waals surface area contributed by atoms with Gasteiger partial charge in [-0.25, -0.2) is 0 Å². The van der Waals surface area contributed by atoms with Gasteiger partial charge in [-0.3, -0.25) is 0 Å². The van der Waals surface area contributed by atoms with Crippen LogP contribution in [-0.2, 0) is 6.54 Å². The second kappa shape index (κ2) is 7.57. The summed E-state index contributed by atoms with van der Waals surface area (Å²) < 4.78 is 0. The quantitative estimate of drug-likeness (QED) is 0.906. The predicted octanol–water partition coefficient (Wildman–Crippen LogP) is 2.28. The van der Waals surface area contributed by atoms with Gasteiger partial charge < -0.3 is 15.1 Å². The monoisotopic (exact) mass is 332 g/mol. The van der Waals surface area contributed by atoms with E-state index in [1.165, 1.54) is 0 Å². The van der Waals surface area contributed by atoms with E-state index in [0.717, 1.165) is 49.1 Å². The Hall–Kier alpha value is -1.92. The lowest BCUT2D eigenvalue weighted by molar-refractivity contribution is 0.270. The van der Waals surface area contributed by atoms with E-state index in [4.69, 9.17) is 11.6 Å². The van der Waals surface area contributed by atoms with E-state index in [9.17, 15) is 0 Å². The molecule has 0 unspecified atom stereocenters. The first-order valence-corrected chi connectivity index (χ1v) is 8.27. The zero-order valence-corrected chi connectivity index (χ0v) is 14.0. The fourth-order valence-electron chi connectivity index (χ4n) is 2.60. The number of anilines is 2. The van der Waals surface area contributed by atoms with E-state index in [1.807, 2.05) is 24.3 Å². The Balaban J connectivity index is 1.60. The van der Waals surface area contributed by atoms with Crippen LogP contribution in [0.4, 0.5) is 11.8 Å². The van der Waals surface area contributed by atoms with Gasteiger partial charge in [-0.05, 0) is 24.2 Å². The molecule has 1 fully saturated rings. The van der Waals surface area contributed by atoms with E-state index >= 15 is 0 Å². The summed E-state index contributed by atoms with van der Waals surface area (Å²) in [5.74, 6) is 1.43. The first kappa shape index (κ1) is 16.0. The lowest BCUT2D eigenvalue weighted by atomic mass is 10.2. The maximum Gasteiger partial charge on any atom is 0.244 e. The molecule has 1 aromatic carbocycles. The SMILES string of the molecule is CCN1CCN(c2cnnc(NCc3ccc(Cl)cc3)n2)CC1. The molecule has 3 rings (SSSR count). The summed E-state index contributed by atoms with van der Waals surface area (Å²) in [5.41, 5.74) is 1.12. The van der Waals surface area contributed by atoms with Crippen LogP contribution in [0.5, 0.6) is 0 Å². The topological polar surface area (TPSA) is 57.2 Å². The van der Waals surface area contributed by atoms with Crippen LogP contribution in [-0.4, -0.2) is 52.8 Å². The van der Waals surface area contributed by atoms with Gasteiger partial charge in [0.25, 0.3) is 0 Å². The van der Waals surface area contributed by atoms with Crippen LogP contribution in [0.2, 0.25) is 5.02 Å². The molecule has 2 heterocycles. The van der Waals surface area contributed by atoms with E-state index in [0.29, 0.717) is 12.5 Å². The van der Waals surface area contributed by atoms with Gasteiger partial charge in [0.2, 0.25) is 5.95 Å². The summed E-state index contributed by atoms with van der Waals surface area (Å²) in [6, 6.07) is 7.72. The highest BCUT2D eigenvalue weighted by atomic mass is 35.5.